The number of hydrogen-bond acceptors (Lipinski definition) is 3. The molecule has 0 bridgehead atoms. The van der Waals surface area contributed by atoms with Gasteiger partial charge in [-0.1, -0.05) is 19.9 Å². The number of rotatable bonds is 6. The zero-order valence-electron chi connectivity index (χ0n) is 16.2. The van der Waals surface area contributed by atoms with E-state index in [1.807, 2.05) is 39.8 Å². The predicted octanol–water partition coefficient (Wildman–Crippen LogP) is 5.30. The average Bonchev–Trinajstić information content (AvgIpc) is 2.62. The molecular weight excluding hydrogens is 369 g/mol. The van der Waals surface area contributed by atoms with E-state index in [4.69, 9.17) is 4.74 Å². The highest BCUT2D eigenvalue weighted by Crippen LogP contribution is 2.30. The fourth-order valence-electron chi connectivity index (χ4n) is 2.65. The largest absolute Gasteiger partial charge is 0.494 e. The number of benzene rings is 2. The average molecular weight is 392 g/mol. The molecule has 0 heterocycles. The van der Waals surface area contributed by atoms with Crippen molar-refractivity contribution in [1.82, 2.24) is 5.43 Å². The van der Waals surface area contributed by atoms with Crippen LogP contribution in [0.3, 0.4) is 0 Å². The Morgan fingerprint density at radius 1 is 1.25 bits per heavy atom. The molecule has 7 heteroatoms. The lowest BCUT2D eigenvalue weighted by atomic mass is 9.97. The van der Waals surface area contributed by atoms with Crippen molar-refractivity contribution in [1.29, 1.82) is 0 Å². The molecule has 1 N–H and O–H groups in total. The maximum absolute atomic E-state index is 12.8. The summed E-state index contributed by atoms with van der Waals surface area (Å²) in [6, 6.07) is 8.05. The first-order chi connectivity index (χ1) is 13.1. The summed E-state index contributed by atoms with van der Waals surface area (Å²) < 4.78 is 44.0. The molecule has 0 aromatic heterocycles. The maximum Gasteiger partial charge on any atom is 0.416 e. The van der Waals surface area contributed by atoms with Crippen molar-refractivity contribution >= 4 is 12.1 Å². The minimum absolute atomic E-state index is 0.113. The lowest BCUT2D eigenvalue weighted by Crippen LogP contribution is -2.18. The van der Waals surface area contributed by atoms with E-state index in [1.165, 1.54) is 18.3 Å². The second kappa shape index (κ2) is 8.91. The highest BCUT2D eigenvalue weighted by Gasteiger charge is 2.30. The number of nitrogens with one attached hydrogen (secondary N) is 1. The highest BCUT2D eigenvalue weighted by atomic mass is 19.4. The van der Waals surface area contributed by atoms with Crippen LogP contribution in [-0.2, 0) is 6.18 Å². The smallest absolute Gasteiger partial charge is 0.416 e. The van der Waals surface area contributed by atoms with Crippen LogP contribution in [0, 0.1) is 6.92 Å². The quantitative estimate of drug-likeness (QED) is 0.536. The Labute approximate surface area is 162 Å². The van der Waals surface area contributed by atoms with Crippen LogP contribution in [0.4, 0.5) is 13.2 Å². The van der Waals surface area contributed by atoms with Crippen LogP contribution in [0.15, 0.2) is 41.5 Å². The number of carbonyl (C=O) groups excluding carboxylic acids is 1. The molecule has 0 saturated heterocycles. The molecule has 4 nitrogen and oxygen atoms in total. The Morgan fingerprint density at radius 3 is 2.57 bits per heavy atom. The monoisotopic (exact) mass is 392 g/mol. The Balaban J connectivity index is 2.18. The van der Waals surface area contributed by atoms with Crippen molar-refractivity contribution < 1.29 is 22.7 Å². The number of hydrogen-bond donors (Lipinski definition) is 1. The molecule has 0 radical (unpaired) electrons. The number of ether oxygens (including phenoxy) is 1. The number of aryl methyl sites for hydroxylation is 1. The van der Waals surface area contributed by atoms with Crippen molar-refractivity contribution in [3.63, 3.8) is 0 Å². The van der Waals surface area contributed by atoms with Crippen molar-refractivity contribution in [3.8, 4) is 5.75 Å². The summed E-state index contributed by atoms with van der Waals surface area (Å²) >= 11 is 0. The van der Waals surface area contributed by atoms with E-state index in [0.29, 0.717) is 6.61 Å². The standard InChI is InChI=1S/C21H23F3N2O2/c1-5-28-19-9-14(4)16(11-18(19)13(2)3)12-25-26-20(27)15-7-6-8-17(10-15)21(22,23)24/h6-13H,5H2,1-4H3,(H,26,27). The third kappa shape index (κ3) is 5.34. The first kappa shape index (κ1) is 21.5. The molecule has 0 unspecified atom stereocenters. The van der Waals surface area contributed by atoms with Gasteiger partial charge in [-0.2, -0.15) is 18.3 Å². The molecule has 0 aliphatic heterocycles. The summed E-state index contributed by atoms with van der Waals surface area (Å²) in [6.07, 6.45) is -3.03. The normalized spacial score (nSPS) is 11.9. The van der Waals surface area contributed by atoms with Gasteiger partial charge in [0.2, 0.25) is 0 Å². The van der Waals surface area contributed by atoms with Crippen LogP contribution in [0.5, 0.6) is 5.75 Å². The summed E-state index contributed by atoms with van der Waals surface area (Å²) in [7, 11) is 0. The molecule has 2 aromatic carbocycles. The zero-order chi connectivity index (χ0) is 20.9. The van der Waals surface area contributed by atoms with Gasteiger partial charge in [-0.05, 0) is 66.8 Å². The first-order valence-corrected chi connectivity index (χ1v) is 8.91. The van der Waals surface area contributed by atoms with Crippen LogP contribution >= 0.6 is 0 Å². The van der Waals surface area contributed by atoms with Gasteiger partial charge in [0.25, 0.3) is 5.91 Å². The van der Waals surface area contributed by atoms with Crippen LogP contribution in [0.25, 0.3) is 0 Å². The fraction of sp³-hybridized carbons (Fsp3) is 0.333. The van der Waals surface area contributed by atoms with Gasteiger partial charge in [0, 0.05) is 5.56 Å². The van der Waals surface area contributed by atoms with E-state index >= 15 is 0 Å². The van der Waals surface area contributed by atoms with Gasteiger partial charge in [0.05, 0.1) is 18.4 Å². The van der Waals surface area contributed by atoms with Gasteiger partial charge in [-0.25, -0.2) is 5.43 Å². The lowest BCUT2D eigenvalue weighted by molar-refractivity contribution is -0.137. The molecule has 1 amide bonds. The maximum atomic E-state index is 12.8. The first-order valence-electron chi connectivity index (χ1n) is 8.91. The predicted molar refractivity (Wildman–Crippen MR) is 103 cm³/mol. The summed E-state index contributed by atoms with van der Waals surface area (Å²) in [5.74, 6) is 0.323. The minimum atomic E-state index is -4.51. The van der Waals surface area contributed by atoms with Crippen molar-refractivity contribution in [3.05, 3.63) is 64.2 Å². The van der Waals surface area contributed by atoms with Crippen molar-refractivity contribution in [2.75, 3.05) is 6.61 Å². The molecule has 0 aliphatic carbocycles. The highest BCUT2D eigenvalue weighted by molar-refractivity contribution is 5.95. The molecule has 0 aliphatic rings. The number of halogens is 3. The fourth-order valence-corrected chi connectivity index (χ4v) is 2.65. The molecule has 2 rings (SSSR count). The summed E-state index contributed by atoms with van der Waals surface area (Å²) in [4.78, 5) is 12.1. The molecule has 0 atom stereocenters. The van der Waals surface area contributed by atoms with Gasteiger partial charge < -0.3 is 4.74 Å². The van der Waals surface area contributed by atoms with Crippen LogP contribution in [0.2, 0.25) is 0 Å². The molecule has 28 heavy (non-hydrogen) atoms. The van der Waals surface area contributed by atoms with Gasteiger partial charge in [-0.3, -0.25) is 4.79 Å². The molecular formula is C21H23F3N2O2. The van der Waals surface area contributed by atoms with E-state index in [1.54, 1.807) is 0 Å². The second-order valence-corrected chi connectivity index (χ2v) is 6.61. The lowest BCUT2D eigenvalue weighted by Gasteiger charge is -2.15. The van der Waals surface area contributed by atoms with E-state index in [-0.39, 0.29) is 11.5 Å². The minimum Gasteiger partial charge on any atom is -0.494 e. The Morgan fingerprint density at radius 2 is 1.96 bits per heavy atom. The van der Waals surface area contributed by atoms with E-state index in [0.717, 1.165) is 34.6 Å². The third-order valence-corrected chi connectivity index (χ3v) is 4.14. The Hall–Kier alpha value is -2.83. The van der Waals surface area contributed by atoms with Crippen molar-refractivity contribution in [2.24, 2.45) is 5.10 Å². The Bertz CT molecular complexity index is 874. The van der Waals surface area contributed by atoms with Gasteiger partial charge >= 0.3 is 6.18 Å². The summed E-state index contributed by atoms with van der Waals surface area (Å²) in [5, 5.41) is 3.90. The van der Waals surface area contributed by atoms with E-state index < -0.39 is 17.6 Å². The molecule has 0 spiro atoms. The number of nitrogens with zero attached hydrogens (tertiary/aromatic N) is 1. The van der Waals surface area contributed by atoms with Crippen molar-refractivity contribution in [2.45, 2.75) is 39.8 Å². The van der Waals surface area contributed by atoms with Crippen LogP contribution in [0.1, 0.15) is 59.3 Å². The van der Waals surface area contributed by atoms with Crippen LogP contribution in [-0.4, -0.2) is 18.7 Å². The number of amides is 1. The SMILES string of the molecule is CCOc1cc(C)c(C=NNC(=O)c2cccc(C(F)(F)F)c2)cc1C(C)C. The van der Waals surface area contributed by atoms with Gasteiger partial charge in [0.15, 0.2) is 0 Å². The second-order valence-electron chi connectivity index (χ2n) is 6.61. The summed E-state index contributed by atoms with van der Waals surface area (Å²) in [6.45, 7) is 8.45. The number of hydrazone groups is 1. The van der Waals surface area contributed by atoms with E-state index in [2.05, 4.69) is 10.5 Å². The van der Waals surface area contributed by atoms with Gasteiger partial charge in [-0.15, -0.1) is 0 Å². The van der Waals surface area contributed by atoms with Gasteiger partial charge in [0.1, 0.15) is 5.75 Å². The topological polar surface area (TPSA) is 50.7 Å². The Kier molecular flexibility index (Phi) is 6.83. The number of carbonyl (C=O) groups is 1. The molecule has 0 fully saturated rings. The van der Waals surface area contributed by atoms with E-state index in [9.17, 15) is 18.0 Å². The summed E-state index contributed by atoms with van der Waals surface area (Å²) in [5.41, 5.74) is 3.99. The zero-order valence-corrected chi connectivity index (χ0v) is 16.2. The molecule has 2 aromatic rings. The number of alkyl halides is 3. The third-order valence-electron chi connectivity index (χ3n) is 4.14. The molecule has 150 valence electrons. The molecule has 0 saturated carbocycles. The van der Waals surface area contributed by atoms with Crippen LogP contribution < -0.4 is 10.2 Å².